The van der Waals surface area contributed by atoms with Gasteiger partial charge in [0, 0.05) is 11.7 Å². The zero-order valence-corrected chi connectivity index (χ0v) is 19.1. The lowest BCUT2D eigenvalue weighted by atomic mass is 9.97. The number of hydrogen-bond donors (Lipinski definition) is 2. The van der Waals surface area contributed by atoms with Crippen LogP contribution in [-0.4, -0.2) is 27.0 Å². The van der Waals surface area contributed by atoms with Gasteiger partial charge in [-0.3, -0.25) is 9.52 Å². The molecule has 0 heterocycles. The Morgan fingerprint density at radius 3 is 2.13 bits per heavy atom. The largest absolute Gasteiger partial charge is 0.484 e. The van der Waals surface area contributed by atoms with Crippen molar-refractivity contribution in [2.24, 2.45) is 0 Å². The normalized spacial score (nSPS) is 15.5. The summed E-state index contributed by atoms with van der Waals surface area (Å²) < 4.78 is 33.5. The van der Waals surface area contributed by atoms with Gasteiger partial charge in [-0.2, -0.15) is 0 Å². The molecule has 6 nitrogen and oxygen atoms in total. The first-order valence-electron chi connectivity index (χ1n) is 11.0. The van der Waals surface area contributed by atoms with Gasteiger partial charge < -0.3 is 10.1 Å². The van der Waals surface area contributed by atoms with E-state index in [1.54, 1.807) is 24.3 Å². The number of aryl methyl sites for hydroxylation is 2. The molecule has 3 rings (SSSR count). The Bertz CT molecular complexity index is 959. The summed E-state index contributed by atoms with van der Waals surface area (Å²) in [7, 11) is -3.71. The van der Waals surface area contributed by atoms with Gasteiger partial charge in [-0.1, -0.05) is 38.2 Å². The number of nitrogens with one attached hydrogen (secondary N) is 2. The fraction of sp³-hybridized carbons (Fsp3) is 0.458. The van der Waals surface area contributed by atoms with E-state index in [0.29, 0.717) is 11.4 Å². The third-order valence-corrected chi connectivity index (χ3v) is 6.85. The van der Waals surface area contributed by atoms with E-state index in [2.05, 4.69) is 10.0 Å². The Morgan fingerprint density at radius 1 is 0.935 bits per heavy atom. The highest BCUT2D eigenvalue weighted by molar-refractivity contribution is 7.92. The molecule has 0 atom stereocenters. The first kappa shape index (κ1) is 23.1. The van der Waals surface area contributed by atoms with Crippen molar-refractivity contribution in [2.75, 3.05) is 11.3 Å². The van der Waals surface area contributed by atoms with Crippen LogP contribution in [0.5, 0.6) is 5.75 Å². The summed E-state index contributed by atoms with van der Waals surface area (Å²) in [6.07, 6.45) is 8.09. The van der Waals surface area contributed by atoms with Crippen LogP contribution < -0.4 is 14.8 Å². The number of rotatable bonds is 7. The van der Waals surface area contributed by atoms with Crippen LogP contribution in [0, 0.1) is 13.8 Å². The second kappa shape index (κ2) is 10.7. The van der Waals surface area contributed by atoms with Crippen LogP contribution in [0.1, 0.15) is 56.1 Å². The molecule has 2 N–H and O–H groups in total. The first-order chi connectivity index (χ1) is 14.8. The molecule has 0 radical (unpaired) electrons. The van der Waals surface area contributed by atoms with Gasteiger partial charge in [0.1, 0.15) is 5.75 Å². The molecular formula is C24H32N2O4S. The van der Waals surface area contributed by atoms with Gasteiger partial charge >= 0.3 is 0 Å². The average Bonchev–Trinajstić information content (AvgIpc) is 2.67. The maximum atomic E-state index is 12.7. The van der Waals surface area contributed by atoms with E-state index in [9.17, 15) is 13.2 Å². The highest BCUT2D eigenvalue weighted by Crippen LogP contribution is 2.21. The number of benzene rings is 2. The standard InChI is InChI=1S/C24H32N2O4S/c1-18-14-19(2)16-21(15-18)26-31(28,29)23-12-10-22(11-13-23)30-17-24(27)25-20-8-6-4-3-5-7-9-20/h10-16,20,26H,3-9,17H2,1-2H3,(H,25,27). The molecule has 2 aromatic carbocycles. The predicted molar refractivity (Wildman–Crippen MR) is 123 cm³/mol. The molecule has 0 bridgehead atoms. The first-order valence-corrected chi connectivity index (χ1v) is 12.4. The number of hydrogen-bond acceptors (Lipinski definition) is 4. The van der Waals surface area contributed by atoms with E-state index in [-0.39, 0.29) is 23.5 Å². The Kier molecular flexibility index (Phi) is 7.96. The van der Waals surface area contributed by atoms with Gasteiger partial charge in [-0.15, -0.1) is 0 Å². The number of amides is 1. The van der Waals surface area contributed by atoms with Crippen molar-refractivity contribution >= 4 is 21.6 Å². The number of carbonyl (C=O) groups excluding carboxylic acids is 1. The summed E-state index contributed by atoms with van der Waals surface area (Å²) >= 11 is 0. The minimum atomic E-state index is -3.71. The SMILES string of the molecule is Cc1cc(C)cc(NS(=O)(=O)c2ccc(OCC(=O)NC3CCCCCCC3)cc2)c1. The van der Waals surface area contributed by atoms with Gasteiger partial charge in [-0.05, 0) is 74.2 Å². The van der Waals surface area contributed by atoms with Crippen molar-refractivity contribution in [3.63, 3.8) is 0 Å². The van der Waals surface area contributed by atoms with Crippen LogP contribution in [0.25, 0.3) is 0 Å². The van der Waals surface area contributed by atoms with Gasteiger partial charge in [0.25, 0.3) is 15.9 Å². The van der Waals surface area contributed by atoms with Crippen molar-refractivity contribution in [3.8, 4) is 5.75 Å². The van der Waals surface area contributed by atoms with Crippen molar-refractivity contribution in [2.45, 2.75) is 69.7 Å². The highest BCUT2D eigenvalue weighted by Gasteiger charge is 2.16. The molecule has 1 aliphatic carbocycles. The zero-order chi connectivity index (χ0) is 22.3. The number of carbonyl (C=O) groups is 1. The Morgan fingerprint density at radius 2 is 1.52 bits per heavy atom. The molecule has 31 heavy (non-hydrogen) atoms. The molecule has 1 aliphatic rings. The Hall–Kier alpha value is -2.54. The second-order valence-electron chi connectivity index (χ2n) is 8.35. The molecule has 1 amide bonds. The Balaban J connectivity index is 1.53. The van der Waals surface area contributed by atoms with E-state index in [0.717, 1.165) is 36.8 Å². The third-order valence-electron chi connectivity index (χ3n) is 5.45. The van der Waals surface area contributed by atoms with Crippen LogP contribution in [0.4, 0.5) is 5.69 Å². The van der Waals surface area contributed by atoms with Gasteiger partial charge in [0.15, 0.2) is 6.61 Å². The average molecular weight is 445 g/mol. The number of anilines is 1. The van der Waals surface area contributed by atoms with Crippen LogP contribution in [0.15, 0.2) is 47.4 Å². The summed E-state index contributed by atoms with van der Waals surface area (Å²) in [5.74, 6) is 0.317. The lowest BCUT2D eigenvalue weighted by Gasteiger charge is -2.21. The molecule has 168 valence electrons. The quantitative estimate of drug-likeness (QED) is 0.648. The van der Waals surface area contributed by atoms with E-state index in [4.69, 9.17) is 4.74 Å². The smallest absolute Gasteiger partial charge is 0.261 e. The van der Waals surface area contributed by atoms with Crippen molar-refractivity contribution < 1.29 is 17.9 Å². The van der Waals surface area contributed by atoms with E-state index in [1.165, 1.54) is 31.4 Å². The number of ether oxygens (including phenoxy) is 1. The van der Waals surface area contributed by atoms with Crippen molar-refractivity contribution in [1.29, 1.82) is 0 Å². The van der Waals surface area contributed by atoms with Crippen molar-refractivity contribution in [3.05, 3.63) is 53.6 Å². The van der Waals surface area contributed by atoms with Crippen LogP contribution in [-0.2, 0) is 14.8 Å². The topological polar surface area (TPSA) is 84.5 Å². The molecular weight excluding hydrogens is 412 g/mol. The summed E-state index contributed by atoms with van der Waals surface area (Å²) in [4.78, 5) is 12.4. The minimum absolute atomic E-state index is 0.0799. The van der Waals surface area contributed by atoms with E-state index < -0.39 is 10.0 Å². The lowest BCUT2D eigenvalue weighted by molar-refractivity contribution is -0.123. The molecule has 0 aliphatic heterocycles. The zero-order valence-electron chi connectivity index (χ0n) is 18.3. The molecule has 7 heteroatoms. The molecule has 0 saturated heterocycles. The van der Waals surface area contributed by atoms with Gasteiger partial charge in [0.05, 0.1) is 4.90 Å². The molecule has 1 saturated carbocycles. The summed E-state index contributed by atoms with van der Waals surface area (Å²) in [6, 6.07) is 11.9. The molecule has 2 aromatic rings. The monoisotopic (exact) mass is 444 g/mol. The molecule has 0 unspecified atom stereocenters. The van der Waals surface area contributed by atoms with Gasteiger partial charge in [-0.25, -0.2) is 8.42 Å². The molecule has 0 aromatic heterocycles. The minimum Gasteiger partial charge on any atom is -0.484 e. The third kappa shape index (κ3) is 7.28. The fourth-order valence-corrected chi connectivity index (χ4v) is 5.02. The van der Waals surface area contributed by atoms with Crippen molar-refractivity contribution in [1.82, 2.24) is 5.32 Å². The fourth-order valence-electron chi connectivity index (χ4n) is 3.98. The molecule has 0 spiro atoms. The van der Waals surface area contributed by atoms with E-state index in [1.807, 2.05) is 19.9 Å². The number of sulfonamides is 1. The predicted octanol–water partition coefficient (Wildman–Crippen LogP) is 4.71. The summed E-state index contributed by atoms with van der Waals surface area (Å²) in [5, 5.41) is 3.06. The highest BCUT2D eigenvalue weighted by atomic mass is 32.2. The van der Waals surface area contributed by atoms with Crippen LogP contribution >= 0.6 is 0 Å². The van der Waals surface area contributed by atoms with Crippen LogP contribution in [0.2, 0.25) is 0 Å². The molecule has 1 fully saturated rings. The summed E-state index contributed by atoms with van der Waals surface area (Å²) in [6.45, 7) is 3.76. The lowest BCUT2D eigenvalue weighted by Crippen LogP contribution is -2.38. The van der Waals surface area contributed by atoms with E-state index >= 15 is 0 Å². The van der Waals surface area contributed by atoms with Gasteiger partial charge in [0.2, 0.25) is 0 Å². The second-order valence-corrected chi connectivity index (χ2v) is 10.0. The Labute approximate surface area is 185 Å². The van der Waals surface area contributed by atoms with Crippen LogP contribution in [0.3, 0.4) is 0 Å². The summed E-state index contributed by atoms with van der Waals surface area (Å²) in [5.41, 5.74) is 2.50. The maximum Gasteiger partial charge on any atom is 0.261 e. The maximum absolute atomic E-state index is 12.7.